The van der Waals surface area contributed by atoms with Crippen LogP contribution < -0.4 is 10.7 Å². The summed E-state index contributed by atoms with van der Waals surface area (Å²) in [6, 6.07) is 5.87. The average molecular weight is 460 g/mol. The highest BCUT2D eigenvalue weighted by atomic mass is 16.6. The molecule has 0 unspecified atom stereocenters. The lowest BCUT2D eigenvalue weighted by molar-refractivity contribution is -0.164. The Bertz CT molecular complexity index is 1010. The molecule has 8 heteroatoms. The largest absolute Gasteiger partial charge is 0.460 e. The summed E-state index contributed by atoms with van der Waals surface area (Å²) in [7, 11) is 0. The number of hydrogen-bond acceptors (Lipinski definition) is 7. The molecule has 2 N–H and O–H groups in total. The number of aliphatic hydroxyl groups is 1. The fourth-order valence-electron chi connectivity index (χ4n) is 4.88. The molecule has 0 radical (unpaired) electrons. The number of likely N-dealkylation sites (tertiary alicyclic amines) is 1. The van der Waals surface area contributed by atoms with Gasteiger partial charge in [-0.3, -0.25) is 9.78 Å². The van der Waals surface area contributed by atoms with Crippen molar-refractivity contribution in [1.82, 2.24) is 9.88 Å². The number of rotatable bonds is 7. The van der Waals surface area contributed by atoms with E-state index in [0.29, 0.717) is 24.3 Å². The quantitative estimate of drug-likeness (QED) is 0.613. The van der Waals surface area contributed by atoms with Crippen molar-refractivity contribution < 1.29 is 19.1 Å². The lowest BCUT2D eigenvalue weighted by Crippen LogP contribution is -2.48. The van der Waals surface area contributed by atoms with Gasteiger partial charge >= 0.3 is 11.7 Å². The molecule has 2 aliphatic heterocycles. The van der Waals surface area contributed by atoms with Crippen LogP contribution in [-0.4, -0.2) is 64.9 Å². The highest BCUT2D eigenvalue weighted by Crippen LogP contribution is 2.30. The van der Waals surface area contributed by atoms with Crippen molar-refractivity contribution in [1.29, 1.82) is 0 Å². The van der Waals surface area contributed by atoms with Crippen LogP contribution in [0.25, 0.3) is 11.1 Å². The fraction of sp³-hybridized carbons (Fsp3) is 0.680. The lowest BCUT2D eigenvalue weighted by Gasteiger charge is -2.41. The molecule has 2 aliphatic rings. The molecule has 0 spiro atoms. The number of nitrogens with one attached hydrogen (secondary N) is 1. The van der Waals surface area contributed by atoms with E-state index in [9.17, 15) is 14.7 Å². The number of hydrogen-bond donors (Lipinski definition) is 2. The van der Waals surface area contributed by atoms with Gasteiger partial charge < -0.3 is 24.1 Å². The summed E-state index contributed by atoms with van der Waals surface area (Å²) in [6.07, 6.45) is 4.25. The van der Waals surface area contributed by atoms with Crippen molar-refractivity contribution in [2.24, 2.45) is 5.92 Å². The number of H-pyrrole nitrogens is 1. The Kier molecular flexibility index (Phi) is 6.86. The number of fused-ring (bicyclic) bond motifs is 1. The van der Waals surface area contributed by atoms with E-state index in [1.807, 2.05) is 39.0 Å². The summed E-state index contributed by atoms with van der Waals surface area (Å²) in [5, 5.41) is 10.9. The van der Waals surface area contributed by atoms with Crippen LogP contribution in [0.15, 0.2) is 27.4 Å². The van der Waals surface area contributed by atoms with Crippen LogP contribution in [0.3, 0.4) is 0 Å². The maximum absolute atomic E-state index is 12.3. The highest BCUT2D eigenvalue weighted by Gasteiger charge is 2.37. The molecule has 8 nitrogen and oxygen atoms in total. The number of carbonyl (C=O) groups excluding carboxylic acids is 1. The highest BCUT2D eigenvalue weighted by molar-refractivity contribution is 5.77. The summed E-state index contributed by atoms with van der Waals surface area (Å²) in [6.45, 7) is 10.4. The van der Waals surface area contributed by atoms with E-state index >= 15 is 0 Å². The van der Waals surface area contributed by atoms with Crippen LogP contribution >= 0.6 is 0 Å². The van der Waals surface area contributed by atoms with Gasteiger partial charge in [-0.05, 0) is 64.0 Å². The molecule has 2 fully saturated rings. The number of anilines is 1. The van der Waals surface area contributed by atoms with E-state index in [1.165, 1.54) is 0 Å². The number of esters is 1. The SMILES string of the molecule is CCC(C)(C)OC(=O)CC1(O)CCN(CC2CCN(c3ccc4[nH]c(=O)oc4c3)CC2)CC1. The van der Waals surface area contributed by atoms with E-state index in [2.05, 4.69) is 14.8 Å². The second-order valence-electron chi connectivity index (χ2n) is 10.4. The maximum atomic E-state index is 12.3. The van der Waals surface area contributed by atoms with Crippen molar-refractivity contribution in [2.75, 3.05) is 37.6 Å². The summed E-state index contributed by atoms with van der Waals surface area (Å²) >= 11 is 0. The van der Waals surface area contributed by atoms with Gasteiger partial charge in [0.25, 0.3) is 0 Å². The van der Waals surface area contributed by atoms with Gasteiger partial charge in [-0.25, -0.2) is 4.79 Å². The van der Waals surface area contributed by atoms with E-state index in [4.69, 9.17) is 9.15 Å². The number of piperidine rings is 2. The minimum atomic E-state index is -0.952. The summed E-state index contributed by atoms with van der Waals surface area (Å²) in [5.74, 6) is -0.102. The Morgan fingerprint density at radius 1 is 1.24 bits per heavy atom. The first-order chi connectivity index (χ1) is 15.6. The summed E-state index contributed by atoms with van der Waals surface area (Å²) in [4.78, 5) is 31.1. The number of oxazole rings is 1. The molecular weight excluding hydrogens is 422 g/mol. The Morgan fingerprint density at radius 3 is 2.61 bits per heavy atom. The predicted octanol–water partition coefficient (Wildman–Crippen LogP) is 3.29. The molecule has 0 amide bonds. The van der Waals surface area contributed by atoms with Gasteiger partial charge in [0.2, 0.25) is 0 Å². The minimum Gasteiger partial charge on any atom is -0.460 e. The molecule has 33 heavy (non-hydrogen) atoms. The third-order valence-corrected chi connectivity index (χ3v) is 7.40. The van der Waals surface area contributed by atoms with Gasteiger partial charge in [-0.2, -0.15) is 0 Å². The molecule has 2 saturated heterocycles. The molecule has 1 aromatic heterocycles. The van der Waals surface area contributed by atoms with Crippen LogP contribution in [0, 0.1) is 5.92 Å². The van der Waals surface area contributed by atoms with Gasteiger partial charge in [-0.1, -0.05) is 6.92 Å². The number of aromatic amines is 1. The second kappa shape index (κ2) is 9.50. The topological polar surface area (TPSA) is 99.0 Å². The lowest BCUT2D eigenvalue weighted by atomic mass is 9.87. The van der Waals surface area contributed by atoms with Gasteiger partial charge in [-0.15, -0.1) is 0 Å². The van der Waals surface area contributed by atoms with E-state index in [1.54, 1.807) is 0 Å². The number of aromatic nitrogens is 1. The third kappa shape index (κ3) is 5.98. The van der Waals surface area contributed by atoms with Gasteiger partial charge in [0, 0.05) is 44.5 Å². The summed E-state index contributed by atoms with van der Waals surface area (Å²) in [5.41, 5.74) is 0.982. The smallest absolute Gasteiger partial charge is 0.417 e. The second-order valence-corrected chi connectivity index (χ2v) is 10.4. The minimum absolute atomic E-state index is 0.0776. The fourth-order valence-corrected chi connectivity index (χ4v) is 4.88. The van der Waals surface area contributed by atoms with E-state index in [0.717, 1.165) is 63.2 Å². The standard InChI is InChI=1S/C25H37N3O5/c1-4-24(2,3)33-22(29)16-25(31)9-13-27(14-10-25)17-18-7-11-28(12-8-18)19-5-6-20-21(15-19)32-23(30)26-20/h5-6,15,18,31H,4,7-14,16-17H2,1-3H3,(H,26,30). The molecule has 0 aliphatic carbocycles. The molecule has 0 bridgehead atoms. The average Bonchev–Trinajstić information content (AvgIpc) is 3.14. The van der Waals surface area contributed by atoms with Crippen LogP contribution in [0.4, 0.5) is 5.69 Å². The molecule has 4 rings (SSSR count). The zero-order valence-electron chi connectivity index (χ0n) is 20.1. The first-order valence-electron chi connectivity index (χ1n) is 12.2. The molecule has 3 heterocycles. The van der Waals surface area contributed by atoms with Crippen molar-refractivity contribution in [3.63, 3.8) is 0 Å². The van der Waals surface area contributed by atoms with Crippen molar-refractivity contribution in [2.45, 2.75) is 70.5 Å². The zero-order chi connectivity index (χ0) is 23.6. The number of carbonyl (C=O) groups is 1. The Labute approximate surface area is 194 Å². The van der Waals surface area contributed by atoms with E-state index < -0.39 is 17.0 Å². The molecular formula is C25H37N3O5. The predicted molar refractivity (Wildman–Crippen MR) is 127 cm³/mol. The molecule has 0 saturated carbocycles. The zero-order valence-corrected chi connectivity index (χ0v) is 20.1. The van der Waals surface area contributed by atoms with E-state index in [-0.39, 0.29) is 12.4 Å². The van der Waals surface area contributed by atoms with Gasteiger partial charge in [0.05, 0.1) is 17.5 Å². The van der Waals surface area contributed by atoms with Crippen LogP contribution in [0.5, 0.6) is 0 Å². The third-order valence-electron chi connectivity index (χ3n) is 7.40. The number of ether oxygens (including phenoxy) is 1. The molecule has 182 valence electrons. The Morgan fingerprint density at radius 2 is 1.94 bits per heavy atom. The van der Waals surface area contributed by atoms with Gasteiger partial charge in [0.15, 0.2) is 5.58 Å². The van der Waals surface area contributed by atoms with Gasteiger partial charge in [0.1, 0.15) is 5.60 Å². The Balaban J connectivity index is 1.22. The van der Waals surface area contributed by atoms with Crippen molar-refractivity contribution in [3.8, 4) is 0 Å². The van der Waals surface area contributed by atoms with Crippen LogP contribution in [0.1, 0.15) is 59.3 Å². The van der Waals surface area contributed by atoms with Crippen molar-refractivity contribution in [3.05, 3.63) is 28.7 Å². The number of benzene rings is 1. The van der Waals surface area contributed by atoms with Crippen LogP contribution in [0.2, 0.25) is 0 Å². The summed E-state index contributed by atoms with van der Waals surface area (Å²) < 4.78 is 10.7. The Hall–Kier alpha value is -2.32. The monoisotopic (exact) mass is 459 g/mol. The van der Waals surface area contributed by atoms with Crippen LogP contribution in [-0.2, 0) is 9.53 Å². The normalized spacial score (nSPS) is 20.3. The number of nitrogens with zero attached hydrogens (tertiary/aromatic N) is 2. The first kappa shape index (κ1) is 23.8. The molecule has 0 atom stereocenters. The maximum Gasteiger partial charge on any atom is 0.417 e. The van der Waals surface area contributed by atoms with Crippen molar-refractivity contribution >= 4 is 22.8 Å². The molecule has 2 aromatic rings. The molecule has 1 aromatic carbocycles. The first-order valence-corrected chi connectivity index (χ1v) is 12.2.